The van der Waals surface area contributed by atoms with Gasteiger partial charge in [-0.2, -0.15) is 0 Å². The van der Waals surface area contributed by atoms with Crippen molar-refractivity contribution in [1.82, 2.24) is 5.32 Å². The molecule has 4 heteroatoms. The quantitative estimate of drug-likeness (QED) is 0.722. The lowest BCUT2D eigenvalue weighted by molar-refractivity contribution is -0.0709. The van der Waals surface area contributed by atoms with E-state index in [1.54, 1.807) is 0 Å². The van der Waals surface area contributed by atoms with Crippen LogP contribution < -0.4 is 5.32 Å². The molecule has 0 spiro atoms. The summed E-state index contributed by atoms with van der Waals surface area (Å²) in [6.45, 7) is 1.94. The van der Waals surface area contributed by atoms with Gasteiger partial charge in [-0.15, -0.1) is 0 Å². The second-order valence-electron chi connectivity index (χ2n) is 4.42. The fourth-order valence-electron chi connectivity index (χ4n) is 2.28. The molecule has 2 rings (SSSR count). The first-order valence-electron chi connectivity index (χ1n) is 6.00. The van der Waals surface area contributed by atoms with Crippen LogP contribution in [0.4, 0.5) is 0 Å². The van der Waals surface area contributed by atoms with Gasteiger partial charge in [-0.3, -0.25) is 0 Å². The van der Waals surface area contributed by atoms with Crippen LogP contribution in [-0.2, 0) is 9.47 Å². The maximum atomic E-state index is 8.79. The van der Waals surface area contributed by atoms with Crippen molar-refractivity contribution in [3.8, 4) is 0 Å². The lowest BCUT2D eigenvalue weighted by Crippen LogP contribution is -2.37. The summed E-state index contributed by atoms with van der Waals surface area (Å²) in [7, 11) is 0. The summed E-state index contributed by atoms with van der Waals surface area (Å²) in [5.41, 5.74) is 0. The summed E-state index contributed by atoms with van der Waals surface area (Å²) in [6.07, 6.45) is 5.51. The van der Waals surface area contributed by atoms with E-state index in [0.717, 1.165) is 13.0 Å². The molecule has 3 unspecified atom stereocenters. The van der Waals surface area contributed by atoms with Gasteiger partial charge in [0.1, 0.15) is 0 Å². The average molecular weight is 215 g/mol. The molecule has 4 nitrogen and oxygen atoms in total. The number of ether oxygens (including phenoxy) is 2. The van der Waals surface area contributed by atoms with Crippen LogP contribution in [0, 0.1) is 0 Å². The highest BCUT2D eigenvalue weighted by Crippen LogP contribution is 2.21. The van der Waals surface area contributed by atoms with E-state index in [2.05, 4.69) is 5.32 Å². The van der Waals surface area contributed by atoms with Crippen LogP contribution in [-0.4, -0.2) is 43.3 Å². The minimum atomic E-state index is -0.0582. The first kappa shape index (κ1) is 11.3. The molecule has 88 valence electrons. The molecule has 0 bridgehead atoms. The molecule has 0 aromatic carbocycles. The van der Waals surface area contributed by atoms with E-state index in [4.69, 9.17) is 14.6 Å². The van der Waals surface area contributed by atoms with Crippen LogP contribution in [0.3, 0.4) is 0 Å². The zero-order valence-corrected chi connectivity index (χ0v) is 9.15. The molecule has 0 radical (unpaired) electrons. The maximum absolute atomic E-state index is 8.79. The Kier molecular flexibility index (Phi) is 4.38. The highest BCUT2D eigenvalue weighted by molar-refractivity contribution is 4.76. The molecule has 0 saturated carbocycles. The van der Waals surface area contributed by atoms with Crippen molar-refractivity contribution < 1.29 is 14.6 Å². The van der Waals surface area contributed by atoms with E-state index < -0.39 is 0 Å². The summed E-state index contributed by atoms with van der Waals surface area (Å²) >= 11 is 0. The van der Waals surface area contributed by atoms with Gasteiger partial charge in [0, 0.05) is 19.1 Å². The molecule has 2 N–H and O–H groups in total. The molecule has 0 aliphatic carbocycles. The van der Waals surface area contributed by atoms with Gasteiger partial charge < -0.3 is 19.9 Å². The van der Waals surface area contributed by atoms with Crippen molar-refractivity contribution in [2.24, 2.45) is 0 Å². The third-order valence-electron chi connectivity index (χ3n) is 3.15. The van der Waals surface area contributed by atoms with Crippen molar-refractivity contribution >= 4 is 0 Å². The van der Waals surface area contributed by atoms with Gasteiger partial charge in [-0.25, -0.2) is 0 Å². The predicted molar refractivity (Wildman–Crippen MR) is 56.6 cm³/mol. The Balaban J connectivity index is 1.67. The molecule has 15 heavy (non-hydrogen) atoms. The Hall–Kier alpha value is -0.160. The Morgan fingerprint density at radius 3 is 3.00 bits per heavy atom. The molecule has 2 heterocycles. The molecule has 2 aliphatic rings. The average Bonchev–Trinajstić information content (AvgIpc) is 2.68. The van der Waals surface area contributed by atoms with E-state index >= 15 is 0 Å². The first-order chi connectivity index (χ1) is 7.38. The van der Waals surface area contributed by atoms with Crippen molar-refractivity contribution in [3.05, 3.63) is 0 Å². The molecule has 2 saturated heterocycles. The van der Waals surface area contributed by atoms with E-state index in [0.29, 0.717) is 19.1 Å². The summed E-state index contributed by atoms with van der Waals surface area (Å²) in [6, 6.07) is 0.552. The largest absolute Gasteiger partial charge is 0.396 e. The molecular formula is C11H21NO3. The highest BCUT2D eigenvalue weighted by Gasteiger charge is 2.28. The first-order valence-corrected chi connectivity index (χ1v) is 6.00. The Bertz CT molecular complexity index is 183. The van der Waals surface area contributed by atoms with Gasteiger partial charge in [-0.1, -0.05) is 6.42 Å². The van der Waals surface area contributed by atoms with Gasteiger partial charge in [0.25, 0.3) is 0 Å². The van der Waals surface area contributed by atoms with E-state index in [1.165, 1.54) is 19.3 Å². The van der Waals surface area contributed by atoms with Gasteiger partial charge in [0.15, 0.2) is 6.29 Å². The van der Waals surface area contributed by atoms with Crippen LogP contribution in [0.25, 0.3) is 0 Å². The van der Waals surface area contributed by atoms with Crippen LogP contribution in [0.15, 0.2) is 0 Å². The van der Waals surface area contributed by atoms with Crippen LogP contribution in [0.2, 0.25) is 0 Å². The summed E-state index contributed by atoms with van der Waals surface area (Å²) in [5.74, 6) is 0. The molecule has 2 fully saturated rings. The second-order valence-corrected chi connectivity index (χ2v) is 4.42. The fourth-order valence-corrected chi connectivity index (χ4v) is 2.28. The van der Waals surface area contributed by atoms with Crippen LogP contribution in [0.1, 0.15) is 32.1 Å². The lowest BCUT2D eigenvalue weighted by atomic mass is 10.0. The molecule has 0 amide bonds. The van der Waals surface area contributed by atoms with Gasteiger partial charge in [0.05, 0.1) is 12.7 Å². The van der Waals surface area contributed by atoms with Crippen molar-refractivity contribution in [2.75, 3.05) is 19.8 Å². The normalized spacial score (nSPS) is 37.0. The standard InChI is InChI=1S/C11H21NO3/c13-6-4-10-8-14-11(15-10)7-9-3-1-2-5-12-9/h9-13H,1-8H2. The predicted octanol–water partition coefficient (Wildman–Crippen LogP) is 0.642. The SMILES string of the molecule is OCCC1COC(CC2CCCCN2)O1. The zero-order chi connectivity index (χ0) is 10.5. The second kappa shape index (κ2) is 5.80. The maximum Gasteiger partial charge on any atom is 0.159 e. The van der Waals surface area contributed by atoms with E-state index in [1.807, 2.05) is 0 Å². The summed E-state index contributed by atoms with van der Waals surface area (Å²) in [4.78, 5) is 0. The topological polar surface area (TPSA) is 50.7 Å². The lowest BCUT2D eigenvalue weighted by Gasteiger charge is -2.25. The van der Waals surface area contributed by atoms with Crippen molar-refractivity contribution in [2.45, 2.75) is 50.5 Å². The van der Waals surface area contributed by atoms with Crippen LogP contribution >= 0.6 is 0 Å². The Morgan fingerprint density at radius 1 is 1.33 bits per heavy atom. The van der Waals surface area contributed by atoms with Gasteiger partial charge in [-0.05, 0) is 25.8 Å². The third-order valence-corrected chi connectivity index (χ3v) is 3.15. The number of aliphatic hydroxyl groups is 1. The van der Waals surface area contributed by atoms with Gasteiger partial charge in [0.2, 0.25) is 0 Å². The van der Waals surface area contributed by atoms with Crippen molar-refractivity contribution in [3.63, 3.8) is 0 Å². The minimum Gasteiger partial charge on any atom is -0.396 e. The molecule has 0 aromatic rings. The van der Waals surface area contributed by atoms with E-state index in [-0.39, 0.29) is 19.0 Å². The van der Waals surface area contributed by atoms with Crippen LogP contribution in [0.5, 0.6) is 0 Å². The fraction of sp³-hybridized carbons (Fsp3) is 1.00. The van der Waals surface area contributed by atoms with E-state index in [9.17, 15) is 0 Å². The van der Waals surface area contributed by atoms with Gasteiger partial charge >= 0.3 is 0 Å². The number of hydrogen-bond acceptors (Lipinski definition) is 4. The summed E-state index contributed by atoms with van der Waals surface area (Å²) in [5, 5.41) is 12.3. The Morgan fingerprint density at radius 2 is 2.27 bits per heavy atom. The molecule has 0 aromatic heterocycles. The molecule has 3 atom stereocenters. The number of rotatable bonds is 4. The number of aliphatic hydroxyl groups excluding tert-OH is 1. The Labute approximate surface area is 90.9 Å². The molecule has 2 aliphatic heterocycles. The zero-order valence-electron chi connectivity index (χ0n) is 9.15. The monoisotopic (exact) mass is 215 g/mol. The number of hydrogen-bond donors (Lipinski definition) is 2. The number of nitrogens with one attached hydrogen (secondary N) is 1. The number of piperidine rings is 1. The summed E-state index contributed by atoms with van der Waals surface area (Å²) < 4.78 is 11.2. The minimum absolute atomic E-state index is 0.0582. The smallest absolute Gasteiger partial charge is 0.159 e. The third kappa shape index (κ3) is 3.41. The highest BCUT2D eigenvalue weighted by atomic mass is 16.7. The molecular weight excluding hydrogens is 194 g/mol. The van der Waals surface area contributed by atoms with Crippen molar-refractivity contribution in [1.29, 1.82) is 0 Å².